The first kappa shape index (κ1) is 12.5. The monoisotopic (exact) mass is 185 g/mol. The highest BCUT2D eigenvalue weighted by atomic mass is 16.1. The zero-order chi connectivity index (χ0) is 10.3. The quantitative estimate of drug-likeness (QED) is 0.677. The molecule has 1 N–H and O–H groups in total. The van der Waals surface area contributed by atoms with Crippen molar-refractivity contribution in [3.63, 3.8) is 0 Å². The van der Waals surface area contributed by atoms with E-state index in [4.69, 9.17) is 0 Å². The molecular formula is C11H23NO. The molecule has 0 aliphatic heterocycles. The number of rotatable bonds is 6. The molecule has 1 amide bonds. The van der Waals surface area contributed by atoms with E-state index in [-0.39, 0.29) is 11.8 Å². The fourth-order valence-corrected chi connectivity index (χ4v) is 1.30. The van der Waals surface area contributed by atoms with Crippen molar-refractivity contribution in [1.82, 2.24) is 5.32 Å². The van der Waals surface area contributed by atoms with Gasteiger partial charge in [0.1, 0.15) is 0 Å². The first-order chi connectivity index (χ1) is 6.11. The Kier molecular flexibility index (Phi) is 6.65. The summed E-state index contributed by atoms with van der Waals surface area (Å²) in [6.45, 7) is 9.10. The Morgan fingerprint density at radius 2 is 1.77 bits per heavy atom. The summed E-state index contributed by atoms with van der Waals surface area (Å²) in [4.78, 5) is 11.2. The van der Waals surface area contributed by atoms with Gasteiger partial charge >= 0.3 is 0 Å². The summed E-state index contributed by atoms with van der Waals surface area (Å²) >= 11 is 0. The Balaban J connectivity index is 3.49. The number of hydrogen-bond donors (Lipinski definition) is 1. The molecule has 0 atom stereocenters. The van der Waals surface area contributed by atoms with Crippen molar-refractivity contribution in [3.05, 3.63) is 0 Å². The smallest absolute Gasteiger partial charge is 0.222 e. The van der Waals surface area contributed by atoms with Crippen molar-refractivity contribution >= 4 is 5.91 Å². The van der Waals surface area contributed by atoms with Crippen LogP contribution in [0.3, 0.4) is 0 Å². The first-order valence-electron chi connectivity index (χ1n) is 5.39. The number of amides is 1. The van der Waals surface area contributed by atoms with Crippen molar-refractivity contribution in [1.29, 1.82) is 0 Å². The maximum atomic E-state index is 11.2. The maximum Gasteiger partial charge on any atom is 0.222 e. The van der Waals surface area contributed by atoms with Gasteiger partial charge in [-0.15, -0.1) is 0 Å². The molecule has 2 heteroatoms. The van der Waals surface area contributed by atoms with Crippen LogP contribution in [0.4, 0.5) is 0 Å². The third-order valence-corrected chi connectivity index (χ3v) is 2.53. The molecule has 0 fully saturated rings. The molecule has 78 valence electrons. The summed E-state index contributed by atoms with van der Waals surface area (Å²) in [6.07, 6.45) is 3.55. The van der Waals surface area contributed by atoms with Gasteiger partial charge in [-0.3, -0.25) is 4.79 Å². The lowest BCUT2D eigenvalue weighted by Gasteiger charge is -2.13. The summed E-state index contributed by atoms with van der Waals surface area (Å²) < 4.78 is 0. The zero-order valence-electron chi connectivity index (χ0n) is 9.39. The standard InChI is InChI=1S/C11H23NO/c1-5-10(6-2)7-8-12-11(13)9(3)4/h9-10H,5-8H2,1-4H3,(H,12,13). The van der Waals surface area contributed by atoms with Crippen LogP contribution < -0.4 is 5.32 Å². The summed E-state index contributed by atoms with van der Waals surface area (Å²) in [5, 5.41) is 2.94. The summed E-state index contributed by atoms with van der Waals surface area (Å²) in [7, 11) is 0. The molecule has 0 aromatic rings. The van der Waals surface area contributed by atoms with Crippen LogP contribution >= 0.6 is 0 Å². The fourth-order valence-electron chi connectivity index (χ4n) is 1.30. The Morgan fingerprint density at radius 1 is 1.23 bits per heavy atom. The second-order valence-corrected chi connectivity index (χ2v) is 3.92. The minimum Gasteiger partial charge on any atom is -0.356 e. The van der Waals surface area contributed by atoms with Crippen LogP contribution in [0.1, 0.15) is 47.0 Å². The molecule has 0 saturated carbocycles. The van der Waals surface area contributed by atoms with E-state index < -0.39 is 0 Å². The van der Waals surface area contributed by atoms with E-state index in [2.05, 4.69) is 19.2 Å². The Bertz CT molecular complexity index is 139. The fraction of sp³-hybridized carbons (Fsp3) is 0.909. The van der Waals surface area contributed by atoms with E-state index in [1.54, 1.807) is 0 Å². The van der Waals surface area contributed by atoms with Gasteiger partial charge in [0.25, 0.3) is 0 Å². The van der Waals surface area contributed by atoms with E-state index in [0.29, 0.717) is 0 Å². The second-order valence-electron chi connectivity index (χ2n) is 3.92. The molecule has 2 nitrogen and oxygen atoms in total. The van der Waals surface area contributed by atoms with Crippen LogP contribution in [0.15, 0.2) is 0 Å². The topological polar surface area (TPSA) is 29.1 Å². The van der Waals surface area contributed by atoms with Crippen LogP contribution in [0.25, 0.3) is 0 Å². The van der Waals surface area contributed by atoms with Crippen molar-refractivity contribution in [2.24, 2.45) is 11.8 Å². The Hall–Kier alpha value is -0.530. The van der Waals surface area contributed by atoms with E-state index in [0.717, 1.165) is 18.9 Å². The molecule has 13 heavy (non-hydrogen) atoms. The molecule has 0 rings (SSSR count). The Labute approximate surface area is 82.1 Å². The lowest BCUT2D eigenvalue weighted by atomic mass is 9.99. The first-order valence-corrected chi connectivity index (χ1v) is 5.39. The maximum absolute atomic E-state index is 11.2. The van der Waals surface area contributed by atoms with Gasteiger partial charge in [-0.1, -0.05) is 40.5 Å². The molecule has 0 spiro atoms. The molecule has 0 unspecified atom stereocenters. The van der Waals surface area contributed by atoms with Crippen LogP contribution in [0.5, 0.6) is 0 Å². The van der Waals surface area contributed by atoms with Crippen LogP contribution in [-0.4, -0.2) is 12.5 Å². The highest BCUT2D eigenvalue weighted by molar-refractivity contribution is 5.77. The highest BCUT2D eigenvalue weighted by Crippen LogP contribution is 2.10. The average molecular weight is 185 g/mol. The van der Waals surface area contributed by atoms with Gasteiger partial charge in [0.2, 0.25) is 5.91 Å². The summed E-state index contributed by atoms with van der Waals surface area (Å²) in [5.41, 5.74) is 0. The lowest BCUT2D eigenvalue weighted by molar-refractivity contribution is -0.124. The van der Waals surface area contributed by atoms with Crippen LogP contribution in [0, 0.1) is 11.8 Å². The van der Waals surface area contributed by atoms with Gasteiger partial charge in [-0.2, -0.15) is 0 Å². The molecule has 0 bridgehead atoms. The summed E-state index contributed by atoms with van der Waals surface area (Å²) in [6, 6.07) is 0. The largest absolute Gasteiger partial charge is 0.356 e. The molecular weight excluding hydrogens is 162 g/mol. The average Bonchev–Trinajstić information content (AvgIpc) is 2.12. The van der Waals surface area contributed by atoms with Crippen molar-refractivity contribution in [3.8, 4) is 0 Å². The third-order valence-electron chi connectivity index (χ3n) is 2.53. The third kappa shape index (κ3) is 5.67. The SMILES string of the molecule is CCC(CC)CCNC(=O)C(C)C. The predicted octanol–water partition coefficient (Wildman–Crippen LogP) is 2.58. The van der Waals surface area contributed by atoms with Gasteiger partial charge in [-0.05, 0) is 12.3 Å². The minimum absolute atomic E-state index is 0.113. The van der Waals surface area contributed by atoms with Gasteiger partial charge in [0.05, 0.1) is 0 Å². The van der Waals surface area contributed by atoms with Crippen molar-refractivity contribution in [2.75, 3.05) is 6.54 Å². The van der Waals surface area contributed by atoms with Gasteiger partial charge in [-0.25, -0.2) is 0 Å². The number of nitrogens with one attached hydrogen (secondary N) is 1. The van der Waals surface area contributed by atoms with E-state index >= 15 is 0 Å². The molecule has 0 heterocycles. The molecule has 0 saturated heterocycles. The van der Waals surface area contributed by atoms with E-state index in [1.165, 1.54) is 12.8 Å². The molecule has 0 aliphatic rings. The van der Waals surface area contributed by atoms with Crippen molar-refractivity contribution < 1.29 is 4.79 Å². The Morgan fingerprint density at radius 3 is 2.15 bits per heavy atom. The summed E-state index contributed by atoms with van der Waals surface area (Å²) in [5.74, 6) is 1.06. The normalized spacial score (nSPS) is 10.9. The minimum atomic E-state index is 0.113. The zero-order valence-corrected chi connectivity index (χ0v) is 9.39. The number of hydrogen-bond acceptors (Lipinski definition) is 1. The number of carbonyl (C=O) groups excluding carboxylic acids is 1. The second kappa shape index (κ2) is 6.93. The molecule has 0 radical (unpaired) electrons. The predicted molar refractivity (Wildman–Crippen MR) is 56.5 cm³/mol. The van der Waals surface area contributed by atoms with Gasteiger partial charge in [0, 0.05) is 12.5 Å². The molecule has 0 aromatic carbocycles. The van der Waals surface area contributed by atoms with Crippen molar-refractivity contribution in [2.45, 2.75) is 47.0 Å². The van der Waals surface area contributed by atoms with Crippen LogP contribution in [-0.2, 0) is 4.79 Å². The number of carbonyl (C=O) groups is 1. The van der Waals surface area contributed by atoms with Gasteiger partial charge < -0.3 is 5.32 Å². The van der Waals surface area contributed by atoms with E-state index in [9.17, 15) is 4.79 Å². The van der Waals surface area contributed by atoms with E-state index in [1.807, 2.05) is 13.8 Å². The molecule has 0 aliphatic carbocycles. The van der Waals surface area contributed by atoms with Gasteiger partial charge in [0.15, 0.2) is 0 Å². The molecule has 0 aromatic heterocycles. The van der Waals surface area contributed by atoms with Crippen LogP contribution in [0.2, 0.25) is 0 Å². The highest BCUT2D eigenvalue weighted by Gasteiger charge is 2.07. The lowest BCUT2D eigenvalue weighted by Crippen LogP contribution is -2.29.